The van der Waals surface area contributed by atoms with Crippen molar-refractivity contribution in [1.82, 2.24) is 9.88 Å². The van der Waals surface area contributed by atoms with Crippen LogP contribution in [0.5, 0.6) is 5.75 Å². The number of fused-ring (bicyclic) bond motifs is 1. The number of hydrogen-bond acceptors (Lipinski definition) is 9. The SMILES string of the molecule is COc1cc([C@@H](Nc2ccc3c(N)nccc3c2)C(=O)N2CCC(C(=O)O)C2c2ccccc2S(=O)(=O)C(C)C)ccc1F.O=C(O)C(F)(F)F. The molecule has 2 heterocycles. The molecule has 12 nitrogen and oxygen atoms in total. The summed E-state index contributed by atoms with van der Waals surface area (Å²) >= 11 is 0. The summed E-state index contributed by atoms with van der Waals surface area (Å²) in [6.07, 6.45) is -3.40. The first kappa shape index (κ1) is 38.4. The molecule has 1 amide bonds. The van der Waals surface area contributed by atoms with E-state index < -0.39 is 62.9 Å². The number of sulfone groups is 1. The lowest BCUT2D eigenvalue weighted by atomic mass is 9.93. The quantitative estimate of drug-likeness (QED) is 0.157. The Morgan fingerprint density at radius 1 is 1.04 bits per heavy atom. The summed E-state index contributed by atoms with van der Waals surface area (Å²) in [6.45, 7) is 3.16. The van der Waals surface area contributed by atoms with Crippen LogP contribution in [0.1, 0.15) is 43.5 Å². The molecule has 51 heavy (non-hydrogen) atoms. The van der Waals surface area contributed by atoms with E-state index in [-0.39, 0.29) is 29.2 Å². The van der Waals surface area contributed by atoms with E-state index in [1.54, 1.807) is 62.5 Å². The Labute approximate surface area is 289 Å². The molecular formula is C34H34F4N4O8S. The summed E-state index contributed by atoms with van der Waals surface area (Å²) in [7, 11) is -2.51. The number of carboxylic acids is 2. The summed E-state index contributed by atoms with van der Waals surface area (Å²) < 4.78 is 78.1. The van der Waals surface area contributed by atoms with Crippen molar-refractivity contribution < 1.29 is 55.3 Å². The molecule has 272 valence electrons. The number of ether oxygens (including phenoxy) is 1. The monoisotopic (exact) mass is 734 g/mol. The van der Waals surface area contributed by atoms with Crippen molar-refractivity contribution in [3.8, 4) is 5.75 Å². The van der Waals surface area contributed by atoms with Gasteiger partial charge in [0, 0.05) is 23.8 Å². The molecule has 1 aliphatic heterocycles. The molecule has 4 aromatic rings. The second kappa shape index (κ2) is 15.2. The zero-order valence-electron chi connectivity index (χ0n) is 27.4. The van der Waals surface area contributed by atoms with E-state index in [0.29, 0.717) is 17.1 Å². The number of hydrogen-bond donors (Lipinski definition) is 4. The molecule has 5 rings (SSSR count). The van der Waals surface area contributed by atoms with Gasteiger partial charge in [0.25, 0.3) is 0 Å². The van der Waals surface area contributed by atoms with Gasteiger partial charge in [0.15, 0.2) is 21.4 Å². The molecule has 1 saturated heterocycles. The number of likely N-dealkylation sites (tertiary alicyclic amines) is 1. The number of amides is 1. The number of methoxy groups -OCH3 is 1. The molecule has 2 unspecified atom stereocenters. The minimum Gasteiger partial charge on any atom is -0.494 e. The van der Waals surface area contributed by atoms with Crippen LogP contribution in [-0.4, -0.2) is 71.4 Å². The number of benzene rings is 3. The fourth-order valence-electron chi connectivity index (χ4n) is 5.69. The van der Waals surface area contributed by atoms with Gasteiger partial charge >= 0.3 is 18.1 Å². The van der Waals surface area contributed by atoms with Crippen molar-refractivity contribution in [2.45, 2.75) is 48.7 Å². The third-order valence-corrected chi connectivity index (χ3v) is 10.5. The predicted molar refractivity (Wildman–Crippen MR) is 178 cm³/mol. The fourth-order valence-corrected chi connectivity index (χ4v) is 6.98. The number of carboxylic acid groups (broad SMARTS) is 2. The Morgan fingerprint density at radius 2 is 1.71 bits per heavy atom. The number of carbonyl (C=O) groups excluding carboxylic acids is 1. The molecule has 17 heteroatoms. The smallest absolute Gasteiger partial charge is 0.490 e. The highest BCUT2D eigenvalue weighted by Crippen LogP contribution is 2.43. The molecule has 0 bridgehead atoms. The summed E-state index contributed by atoms with van der Waals surface area (Å²) in [4.78, 5) is 41.4. The number of pyridine rings is 1. The van der Waals surface area contributed by atoms with Gasteiger partial charge in [-0.3, -0.25) is 9.59 Å². The largest absolute Gasteiger partial charge is 0.494 e. The Balaban J connectivity index is 0.000000755. The topological polar surface area (TPSA) is 189 Å². The summed E-state index contributed by atoms with van der Waals surface area (Å²) in [5.74, 6) is -5.81. The molecule has 3 aromatic carbocycles. The molecule has 1 aromatic heterocycles. The summed E-state index contributed by atoms with van der Waals surface area (Å²) in [5, 5.41) is 21.3. The van der Waals surface area contributed by atoms with Crippen molar-refractivity contribution in [1.29, 1.82) is 0 Å². The molecular weight excluding hydrogens is 700 g/mol. The lowest BCUT2D eigenvalue weighted by Crippen LogP contribution is -2.40. The van der Waals surface area contributed by atoms with Crippen LogP contribution in [0.25, 0.3) is 10.8 Å². The van der Waals surface area contributed by atoms with Gasteiger partial charge in [-0.25, -0.2) is 22.6 Å². The molecule has 3 atom stereocenters. The maximum absolute atomic E-state index is 14.6. The first-order valence-electron chi connectivity index (χ1n) is 15.3. The number of rotatable bonds is 9. The minimum atomic E-state index is -5.08. The maximum atomic E-state index is 14.6. The number of nitrogens with two attached hydrogens (primary N) is 1. The van der Waals surface area contributed by atoms with Gasteiger partial charge in [-0.1, -0.05) is 24.3 Å². The number of alkyl halides is 3. The number of nitrogens with zero attached hydrogens (tertiary/aromatic N) is 2. The van der Waals surface area contributed by atoms with Crippen LogP contribution < -0.4 is 15.8 Å². The number of carbonyl (C=O) groups is 3. The highest BCUT2D eigenvalue weighted by Gasteiger charge is 2.46. The lowest BCUT2D eigenvalue weighted by molar-refractivity contribution is -0.192. The van der Waals surface area contributed by atoms with Gasteiger partial charge in [-0.2, -0.15) is 13.2 Å². The van der Waals surface area contributed by atoms with Crippen molar-refractivity contribution in [3.05, 3.63) is 89.9 Å². The fraction of sp³-hybridized carbons (Fsp3) is 0.294. The van der Waals surface area contributed by atoms with Gasteiger partial charge in [-0.15, -0.1) is 0 Å². The standard InChI is InChI=1S/C32H33FN4O6S.C2HF3O2/c1-18(2)44(41,42)27-7-5-4-6-23(27)29-24(32(39)40)13-15-37(29)31(38)28(20-8-11-25(33)26(17-20)43-3)36-21-9-10-22-19(16-21)12-14-35-30(22)34;3-2(4,5)1(6)7/h4-12,14,16-18,24,28-29,36H,13,15H2,1-3H3,(H2,34,35)(H,39,40);(H,6,7)/t24?,28-,29?;/m1./s1. The van der Waals surface area contributed by atoms with Gasteiger partial charge in [0.2, 0.25) is 5.91 Å². The number of aromatic nitrogens is 1. The zero-order chi connectivity index (χ0) is 37.8. The highest BCUT2D eigenvalue weighted by molar-refractivity contribution is 7.92. The van der Waals surface area contributed by atoms with Crippen LogP contribution in [0.15, 0.2) is 77.8 Å². The van der Waals surface area contributed by atoms with Gasteiger partial charge in [0.05, 0.1) is 29.2 Å². The Bertz CT molecular complexity index is 2060. The second-order valence-electron chi connectivity index (χ2n) is 11.7. The Morgan fingerprint density at radius 3 is 2.31 bits per heavy atom. The number of nitrogen functional groups attached to an aromatic ring is 1. The average molecular weight is 735 g/mol. The van der Waals surface area contributed by atoms with Crippen molar-refractivity contribution in [2.24, 2.45) is 5.92 Å². The molecule has 1 fully saturated rings. The zero-order valence-corrected chi connectivity index (χ0v) is 28.2. The van der Waals surface area contributed by atoms with E-state index in [2.05, 4.69) is 10.3 Å². The Kier molecular flexibility index (Phi) is 11.4. The number of anilines is 2. The summed E-state index contributed by atoms with van der Waals surface area (Å²) in [5.41, 5.74) is 7.16. The van der Waals surface area contributed by atoms with Crippen molar-refractivity contribution in [3.63, 3.8) is 0 Å². The number of aliphatic carboxylic acids is 2. The van der Waals surface area contributed by atoms with E-state index in [1.807, 2.05) is 0 Å². The van der Waals surface area contributed by atoms with E-state index in [4.69, 9.17) is 20.4 Å². The van der Waals surface area contributed by atoms with E-state index in [1.165, 1.54) is 36.3 Å². The predicted octanol–water partition coefficient (Wildman–Crippen LogP) is 5.61. The van der Waals surface area contributed by atoms with Crippen LogP contribution in [0.3, 0.4) is 0 Å². The van der Waals surface area contributed by atoms with E-state index >= 15 is 0 Å². The van der Waals surface area contributed by atoms with Crippen LogP contribution in [-0.2, 0) is 24.2 Å². The van der Waals surface area contributed by atoms with Crippen LogP contribution in [0.2, 0.25) is 0 Å². The third-order valence-electron chi connectivity index (χ3n) is 8.27. The molecule has 1 aliphatic rings. The van der Waals surface area contributed by atoms with E-state index in [0.717, 1.165) is 10.8 Å². The van der Waals surface area contributed by atoms with Gasteiger partial charge < -0.3 is 30.9 Å². The maximum Gasteiger partial charge on any atom is 0.490 e. The van der Waals surface area contributed by atoms with Crippen LogP contribution in [0, 0.1) is 11.7 Å². The Hall–Kier alpha value is -5.45. The second-order valence-corrected chi connectivity index (χ2v) is 14.2. The summed E-state index contributed by atoms with van der Waals surface area (Å²) in [6, 6.07) is 15.1. The minimum absolute atomic E-state index is 0.0142. The van der Waals surface area contributed by atoms with E-state index in [9.17, 15) is 40.7 Å². The third kappa shape index (κ3) is 8.30. The highest BCUT2D eigenvalue weighted by atomic mass is 32.2. The normalized spacial score (nSPS) is 16.7. The first-order chi connectivity index (χ1) is 23.9. The number of nitrogens with one attached hydrogen (secondary N) is 1. The molecule has 0 saturated carbocycles. The van der Waals surface area contributed by atoms with Crippen molar-refractivity contribution in [2.75, 3.05) is 24.7 Å². The number of halogens is 4. The average Bonchev–Trinajstić information content (AvgIpc) is 3.53. The van der Waals surface area contributed by atoms with Crippen molar-refractivity contribution >= 4 is 50.0 Å². The lowest BCUT2D eigenvalue weighted by Gasteiger charge is -2.32. The van der Waals surface area contributed by atoms with Gasteiger partial charge in [-0.05, 0) is 79.2 Å². The molecule has 5 N–H and O–H groups in total. The first-order valence-corrected chi connectivity index (χ1v) is 16.8. The molecule has 0 radical (unpaired) electrons. The molecule has 0 spiro atoms. The van der Waals surface area contributed by atoms with Crippen LogP contribution >= 0.6 is 0 Å². The van der Waals surface area contributed by atoms with Crippen LogP contribution in [0.4, 0.5) is 29.1 Å². The van der Waals surface area contributed by atoms with Gasteiger partial charge in [0.1, 0.15) is 11.9 Å². The molecule has 0 aliphatic carbocycles.